The van der Waals surface area contributed by atoms with E-state index < -0.39 is 10.0 Å². The van der Waals surface area contributed by atoms with E-state index in [0.717, 1.165) is 22.3 Å². The number of hydrogen-bond donors (Lipinski definition) is 1. The quantitative estimate of drug-likeness (QED) is 0.374. The van der Waals surface area contributed by atoms with E-state index in [0.29, 0.717) is 11.4 Å². The molecule has 0 atom stereocenters. The SMILES string of the molecule is NS(=O)(=O)c1ccccc1N=C(C=C1c2ccccc2-c2ccccc21)c1ccccc1. The maximum atomic E-state index is 12.1. The van der Waals surface area contributed by atoms with E-state index in [4.69, 9.17) is 10.1 Å². The normalized spacial score (nSPS) is 12.9. The molecule has 1 aliphatic rings. The van der Waals surface area contributed by atoms with Gasteiger partial charge in [0.25, 0.3) is 0 Å². The zero-order chi connectivity index (χ0) is 22.1. The van der Waals surface area contributed by atoms with Crippen molar-refractivity contribution in [2.45, 2.75) is 4.90 Å². The van der Waals surface area contributed by atoms with Crippen LogP contribution >= 0.6 is 0 Å². The molecule has 156 valence electrons. The topological polar surface area (TPSA) is 72.5 Å². The van der Waals surface area contributed by atoms with Crippen LogP contribution in [0.5, 0.6) is 0 Å². The van der Waals surface area contributed by atoms with Crippen LogP contribution in [-0.4, -0.2) is 14.1 Å². The van der Waals surface area contributed by atoms with E-state index in [1.807, 2.05) is 60.7 Å². The lowest BCUT2D eigenvalue weighted by Gasteiger charge is -2.09. The van der Waals surface area contributed by atoms with Gasteiger partial charge in [-0.25, -0.2) is 18.5 Å². The van der Waals surface area contributed by atoms with Gasteiger partial charge in [0, 0.05) is 5.56 Å². The van der Waals surface area contributed by atoms with Gasteiger partial charge in [0.05, 0.1) is 11.4 Å². The number of fused-ring (bicyclic) bond motifs is 3. The molecule has 4 aromatic carbocycles. The highest BCUT2D eigenvalue weighted by molar-refractivity contribution is 7.89. The number of aliphatic imine (C=N–C) groups is 1. The van der Waals surface area contributed by atoms with Gasteiger partial charge in [0.15, 0.2) is 0 Å². The summed E-state index contributed by atoms with van der Waals surface area (Å²) in [5, 5.41) is 5.45. The number of nitrogens with two attached hydrogens (primary N) is 1. The molecule has 5 heteroatoms. The first-order valence-corrected chi connectivity index (χ1v) is 11.7. The van der Waals surface area contributed by atoms with Gasteiger partial charge in [-0.2, -0.15) is 0 Å². The Morgan fingerprint density at radius 2 is 1.16 bits per heavy atom. The van der Waals surface area contributed by atoms with Crippen LogP contribution in [0, 0.1) is 0 Å². The van der Waals surface area contributed by atoms with Crippen molar-refractivity contribution in [1.82, 2.24) is 0 Å². The summed E-state index contributed by atoms with van der Waals surface area (Å²) in [6.45, 7) is 0. The van der Waals surface area contributed by atoms with Gasteiger partial charge >= 0.3 is 0 Å². The minimum Gasteiger partial charge on any atom is -0.247 e. The lowest BCUT2D eigenvalue weighted by molar-refractivity contribution is 0.598. The molecule has 0 heterocycles. The standard InChI is InChI=1S/C27H20N2O2S/c28-32(30,31)27-17-9-8-16-25(27)29-26(19-10-2-1-3-11-19)18-24-22-14-6-4-12-20(22)21-13-5-7-15-23(21)24/h1-18H,(H2,28,30,31). The maximum Gasteiger partial charge on any atom is 0.240 e. The number of nitrogens with zero attached hydrogens (tertiary/aromatic N) is 1. The van der Waals surface area contributed by atoms with Crippen molar-refractivity contribution < 1.29 is 8.42 Å². The van der Waals surface area contributed by atoms with Crippen molar-refractivity contribution in [2.24, 2.45) is 10.1 Å². The summed E-state index contributed by atoms with van der Waals surface area (Å²) >= 11 is 0. The number of sulfonamides is 1. The summed E-state index contributed by atoms with van der Waals surface area (Å²) in [5.74, 6) is 0. The van der Waals surface area contributed by atoms with Crippen LogP contribution in [-0.2, 0) is 10.0 Å². The van der Waals surface area contributed by atoms with Gasteiger partial charge in [0.2, 0.25) is 10.0 Å². The Hall–Kier alpha value is -3.80. The molecular formula is C27H20N2O2S. The fourth-order valence-corrected chi connectivity index (χ4v) is 4.73. The smallest absolute Gasteiger partial charge is 0.240 e. The van der Waals surface area contributed by atoms with Crippen molar-refractivity contribution in [3.05, 3.63) is 126 Å². The van der Waals surface area contributed by atoms with Gasteiger partial charge < -0.3 is 0 Å². The zero-order valence-corrected chi connectivity index (χ0v) is 18.0. The molecule has 0 fully saturated rings. The molecule has 0 aliphatic heterocycles. The predicted molar refractivity (Wildman–Crippen MR) is 129 cm³/mol. The third-order valence-electron chi connectivity index (χ3n) is 5.49. The molecular weight excluding hydrogens is 416 g/mol. The fraction of sp³-hybridized carbons (Fsp3) is 0. The van der Waals surface area contributed by atoms with E-state index >= 15 is 0 Å². The molecule has 0 spiro atoms. The fourth-order valence-electron chi connectivity index (χ4n) is 4.05. The number of allylic oxidation sites excluding steroid dienone is 1. The van der Waals surface area contributed by atoms with Gasteiger partial charge in [-0.1, -0.05) is 91.0 Å². The van der Waals surface area contributed by atoms with E-state index in [9.17, 15) is 8.42 Å². The third kappa shape index (κ3) is 3.68. The second kappa shape index (κ2) is 8.04. The highest BCUT2D eigenvalue weighted by Gasteiger charge is 2.23. The number of benzene rings is 4. The van der Waals surface area contributed by atoms with E-state index in [2.05, 4.69) is 24.3 Å². The minimum absolute atomic E-state index is 0.000877. The molecule has 0 unspecified atom stereocenters. The number of rotatable bonds is 4. The number of primary sulfonamides is 1. The summed E-state index contributed by atoms with van der Waals surface area (Å²) in [4.78, 5) is 4.78. The van der Waals surface area contributed by atoms with Crippen LogP contribution in [0.2, 0.25) is 0 Å². The van der Waals surface area contributed by atoms with Crippen LogP contribution < -0.4 is 5.14 Å². The molecule has 4 nitrogen and oxygen atoms in total. The van der Waals surface area contributed by atoms with E-state index in [1.165, 1.54) is 17.2 Å². The lowest BCUT2D eigenvalue weighted by Crippen LogP contribution is -2.12. The molecule has 5 rings (SSSR count). The maximum absolute atomic E-state index is 12.1. The van der Waals surface area contributed by atoms with Gasteiger partial charge in [-0.15, -0.1) is 0 Å². The predicted octanol–water partition coefficient (Wildman–Crippen LogP) is 5.57. The molecule has 0 aromatic heterocycles. The number of para-hydroxylation sites is 1. The average Bonchev–Trinajstić information content (AvgIpc) is 3.13. The Kier molecular flexibility index (Phi) is 5.05. The van der Waals surface area contributed by atoms with E-state index in [1.54, 1.807) is 18.2 Å². The second-order valence-corrected chi connectivity index (χ2v) is 9.05. The number of hydrogen-bond acceptors (Lipinski definition) is 3. The molecule has 4 aromatic rings. The van der Waals surface area contributed by atoms with Gasteiger partial charge in [-0.3, -0.25) is 0 Å². The molecule has 0 saturated heterocycles. The Labute approximate surface area is 187 Å². The second-order valence-electron chi connectivity index (χ2n) is 7.52. The summed E-state index contributed by atoms with van der Waals surface area (Å²) in [5.41, 5.74) is 7.49. The van der Waals surface area contributed by atoms with Crippen molar-refractivity contribution in [3.8, 4) is 11.1 Å². The molecule has 2 N–H and O–H groups in total. The van der Waals surface area contributed by atoms with E-state index in [-0.39, 0.29) is 4.90 Å². The largest absolute Gasteiger partial charge is 0.247 e. The highest BCUT2D eigenvalue weighted by Crippen LogP contribution is 2.44. The first kappa shape index (κ1) is 20.1. The Balaban J connectivity index is 1.77. The Morgan fingerprint density at radius 3 is 1.75 bits per heavy atom. The van der Waals surface area contributed by atoms with Crippen molar-refractivity contribution in [3.63, 3.8) is 0 Å². The van der Waals surface area contributed by atoms with Crippen LogP contribution in [0.15, 0.2) is 119 Å². The Bertz CT molecular complexity index is 1440. The monoisotopic (exact) mass is 436 g/mol. The zero-order valence-electron chi connectivity index (χ0n) is 17.1. The molecule has 0 amide bonds. The van der Waals surface area contributed by atoms with Crippen LogP contribution in [0.4, 0.5) is 5.69 Å². The molecule has 0 radical (unpaired) electrons. The minimum atomic E-state index is -3.91. The summed E-state index contributed by atoms with van der Waals surface area (Å²) < 4.78 is 24.3. The van der Waals surface area contributed by atoms with Gasteiger partial charge in [0.1, 0.15) is 4.90 Å². The third-order valence-corrected chi connectivity index (χ3v) is 6.45. The first-order valence-electron chi connectivity index (χ1n) is 10.2. The molecule has 1 aliphatic carbocycles. The van der Waals surface area contributed by atoms with Crippen molar-refractivity contribution in [1.29, 1.82) is 0 Å². The lowest BCUT2D eigenvalue weighted by atomic mass is 10.00. The van der Waals surface area contributed by atoms with Crippen LogP contribution in [0.25, 0.3) is 16.7 Å². The van der Waals surface area contributed by atoms with Gasteiger partial charge in [-0.05, 0) is 46.0 Å². The van der Waals surface area contributed by atoms with Crippen molar-refractivity contribution >= 4 is 27.0 Å². The summed E-state index contributed by atoms with van der Waals surface area (Å²) in [6, 6.07) is 32.8. The summed E-state index contributed by atoms with van der Waals surface area (Å²) in [6.07, 6.45) is 2.03. The van der Waals surface area contributed by atoms with Crippen LogP contribution in [0.1, 0.15) is 16.7 Å². The molecule has 0 saturated carbocycles. The first-order chi connectivity index (χ1) is 15.5. The van der Waals surface area contributed by atoms with Crippen LogP contribution in [0.3, 0.4) is 0 Å². The summed E-state index contributed by atoms with van der Waals surface area (Å²) in [7, 11) is -3.91. The average molecular weight is 437 g/mol. The Morgan fingerprint density at radius 1 is 0.656 bits per heavy atom. The molecule has 0 bridgehead atoms. The highest BCUT2D eigenvalue weighted by atomic mass is 32.2. The molecule has 32 heavy (non-hydrogen) atoms. The van der Waals surface area contributed by atoms with Crippen molar-refractivity contribution in [2.75, 3.05) is 0 Å².